The van der Waals surface area contributed by atoms with Gasteiger partial charge in [-0.25, -0.2) is 8.42 Å². The quantitative estimate of drug-likeness (QED) is 0.164. The minimum Gasteiger partial charge on any atom is -0.354 e. The van der Waals surface area contributed by atoms with Gasteiger partial charge >= 0.3 is 6.18 Å². The third-order valence-electron chi connectivity index (χ3n) is 7.45. The van der Waals surface area contributed by atoms with Gasteiger partial charge in [-0.2, -0.15) is 13.2 Å². The molecule has 1 unspecified atom stereocenters. The van der Waals surface area contributed by atoms with Gasteiger partial charge in [0.2, 0.25) is 11.8 Å². The van der Waals surface area contributed by atoms with E-state index >= 15 is 0 Å². The maximum Gasteiger partial charge on any atom is 0.417 e. The summed E-state index contributed by atoms with van der Waals surface area (Å²) in [7, 11) is -4.58. The van der Waals surface area contributed by atoms with Crippen molar-refractivity contribution in [2.45, 2.75) is 50.3 Å². The molecule has 0 bridgehead atoms. The van der Waals surface area contributed by atoms with Crippen molar-refractivity contribution in [2.75, 3.05) is 17.4 Å². The van der Waals surface area contributed by atoms with E-state index in [9.17, 15) is 31.2 Å². The molecule has 47 heavy (non-hydrogen) atoms. The van der Waals surface area contributed by atoms with Crippen LogP contribution in [0, 0.1) is 6.92 Å². The average molecular weight is 686 g/mol. The smallest absolute Gasteiger partial charge is 0.354 e. The van der Waals surface area contributed by atoms with Gasteiger partial charge in [-0.05, 0) is 54.8 Å². The molecular weight excluding hydrogens is 651 g/mol. The number of hydrogen-bond acceptors (Lipinski definition) is 4. The Hall–Kier alpha value is -4.35. The summed E-state index contributed by atoms with van der Waals surface area (Å²) in [4.78, 5) is 29.2. The van der Waals surface area contributed by atoms with Gasteiger partial charge in [-0.3, -0.25) is 13.9 Å². The highest BCUT2D eigenvalue weighted by atomic mass is 35.5. The number of anilines is 1. The van der Waals surface area contributed by atoms with E-state index in [-0.39, 0.29) is 17.9 Å². The monoisotopic (exact) mass is 685 g/mol. The van der Waals surface area contributed by atoms with E-state index in [1.807, 2.05) is 44.2 Å². The lowest BCUT2D eigenvalue weighted by atomic mass is 10.0. The number of halogens is 4. The molecule has 12 heteroatoms. The molecular formula is C35H35ClF3N3O4S. The Kier molecular flexibility index (Phi) is 11.7. The highest BCUT2D eigenvalue weighted by Crippen LogP contribution is 2.38. The summed E-state index contributed by atoms with van der Waals surface area (Å²) in [5.74, 6) is -1.24. The Labute approximate surface area is 278 Å². The summed E-state index contributed by atoms with van der Waals surface area (Å²) in [6.07, 6.45) is -4.15. The number of alkyl halides is 3. The summed E-state index contributed by atoms with van der Waals surface area (Å²) >= 11 is 5.86. The van der Waals surface area contributed by atoms with Crippen molar-refractivity contribution in [3.05, 3.63) is 130 Å². The minimum atomic E-state index is -4.89. The first kappa shape index (κ1) is 35.5. The molecule has 4 aromatic rings. The predicted molar refractivity (Wildman–Crippen MR) is 176 cm³/mol. The summed E-state index contributed by atoms with van der Waals surface area (Å²) in [5.41, 5.74) is 0.733. The second-order valence-corrected chi connectivity index (χ2v) is 13.3. The van der Waals surface area contributed by atoms with E-state index in [0.717, 1.165) is 23.3 Å². The molecule has 0 saturated heterocycles. The number of sulfonamides is 1. The van der Waals surface area contributed by atoms with Crippen molar-refractivity contribution in [1.29, 1.82) is 0 Å². The number of benzene rings is 4. The molecule has 0 aliphatic carbocycles. The Bertz CT molecular complexity index is 1770. The van der Waals surface area contributed by atoms with Crippen LogP contribution in [-0.2, 0) is 38.8 Å². The summed E-state index contributed by atoms with van der Waals surface area (Å²) in [6.45, 7) is 3.17. The zero-order valence-electron chi connectivity index (χ0n) is 25.9. The van der Waals surface area contributed by atoms with E-state index in [1.165, 1.54) is 29.2 Å². The van der Waals surface area contributed by atoms with E-state index in [0.29, 0.717) is 28.9 Å². The molecule has 1 N–H and O–H groups in total. The van der Waals surface area contributed by atoms with Crippen LogP contribution in [-0.4, -0.2) is 44.3 Å². The first-order valence-electron chi connectivity index (χ1n) is 14.9. The molecule has 0 aliphatic rings. The molecule has 0 aliphatic heterocycles. The van der Waals surface area contributed by atoms with Crippen molar-refractivity contribution in [1.82, 2.24) is 10.2 Å². The van der Waals surface area contributed by atoms with Crippen LogP contribution in [0.5, 0.6) is 0 Å². The van der Waals surface area contributed by atoms with E-state index in [2.05, 4.69) is 5.32 Å². The number of carbonyl (C=O) groups excluding carboxylic acids is 2. The van der Waals surface area contributed by atoms with Gasteiger partial charge in [0.05, 0.1) is 21.2 Å². The van der Waals surface area contributed by atoms with Gasteiger partial charge in [0.15, 0.2) is 0 Å². The molecule has 4 rings (SSSR count). The number of hydrogen-bond donors (Lipinski definition) is 1. The molecule has 0 spiro atoms. The summed E-state index contributed by atoms with van der Waals surface area (Å²) in [5, 5.41) is 2.23. The second-order valence-electron chi connectivity index (χ2n) is 11.0. The lowest BCUT2D eigenvalue weighted by molar-refractivity contribution is -0.140. The van der Waals surface area contributed by atoms with Crippen molar-refractivity contribution in [2.24, 2.45) is 0 Å². The second kappa shape index (κ2) is 15.5. The number of amides is 2. The van der Waals surface area contributed by atoms with Gasteiger partial charge in [0, 0.05) is 19.5 Å². The zero-order valence-corrected chi connectivity index (χ0v) is 27.4. The van der Waals surface area contributed by atoms with Gasteiger partial charge in [0.25, 0.3) is 10.0 Å². The van der Waals surface area contributed by atoms with Crippen LogP contribution in [0.1, 0.15) is 35.6 Å². The first-order chi connectivity index (χ1) is 22.3. The Morgan fingerprint density at radius 2 is 1.49 bits per heavy atom. The van der Waals surface area contributed by atoms with Crippen molar-refractivity contribution in [3.8, 4) is 0 Å². The number of carbonyl (C=O) groups is 2. The van der Waals surface area contributed by atoms with Gasteiger partial charge in [-0.15, -0.1) is 0 Å². The fraction of sp³-hybridized carbons (Fsp3) is 0.257. The van der Waals surface area contributed by atoms with Gasteiger partial charge < -0.3 is 10.2 Å². The topological polar surface area (TPSA) is 86.8 Å². The summed E-state index contributed by atoms with van der Waals surface area (Å²) < 4.78 is 70.4. The number of rotatable bonds is 13. The highest BCUT2D eigenvalue weighted by Gasteiger charge is 2.37. The molecule has 0 aromatic heterocycles. The Balaban J connectivity index is 1.84. The molecule has 0 fully saturated rings. The average Bonchev–Trinajstić information content (AvgIpc) is 3.05. The largest absolute Gasteiger partial charge is 0.417 e. The SMILES string of the molecule is CCCNC(=O)C(Cc1ccccc1)N(Cc1ccc(C)cc1)C(=O)CN(c1ccc(Cl)c(C(F)(F)F)c1)S(=O)(=O)c1ccccc1. The Morgan fingerprint density at radius 3 is 2.09 bits per heavy atom. The third kappa shape index (κ3) is 9.14. The molecule has 7 nitrogen and oxygen atoms in total. The van der Waals surface area contributed by atoms with Crippen molar-refractivity contribution in [3.63, 3.8) is 0 Å². The van der Waals surface area contributed by atoms with Crippen molar-refractivity contribution < 1.29 is 31.2 Å². The third-order valence-corrected chi connectivity index (χ3v) is 9.56. The van der Waals surface area contributed by atoms with Crippen LogP contribution in [0.15, 0.2) is 108 Å². The zero-order chi connectivity index (χ0) is 34.2. The van der Waals surface area contributed by atoms with Crippen LogP contribution in [0.2, 0.25) is 5.02 Å². The van der Waals surface area contributed by atoms with E-state index < -0.39 is 56.9 Å². The predicted octanol–water partition coefficient (Wildman–Crippen LogP) is 7.03. The lowest BCUT2D eigenvalue weighted by Gasteiger charge is -2.34. The molecule has 0 saturated carbocycles. The number of nitrogens with one attached hydrogen (secondary N) is 1. The van der Waals surface area contributed by atoms with Crippen LogP contribution in [0.4, 0.5) is 18.9 Å². The Morgan fingerprint density at radius 1 is 0.872 bits per heavy atom. The standard InChI is InChI=1S/C35H35ClF3N3O4S/c1-3-20-40-34(44)32(21-26-10-6-4-7-11-26)41(23-27-16-14-25(2)15-17-27)33(43)24-42(47(45,46)29-12-8-5-9-13-29)28-18-19-31(36)30(22-28)35(37,38)39/h4-19,22,32H,3,20-21,23-24H2,1-2H3,(H,40,44). The van der Waals surface area contributed by atoms with E-state index in [4.69, 9.17) is 11.6 Å². The summed E-state index contributed by atoms with van der Waals surface area (Å²) in [6, 6.07) is 25.0. The molecule has 4 aromatic carbocycles. The van der Waals surface area contributed by atoms with Crippen LogP contribution in [0.25, 0.3) is 0 Å². The lowest BCUT2D eigenvalue weighted by Crippen LogP contribution is -2.53. The first-order valence-corrected chi connectivity index (χ1v) is 16.7. The number of nitrogens with zero attached hydrogens (tertiary/aromatic N) is 2. The maximum absolute atomic E-state index is 14.4. The molecule has 2 amide bonds. The van der Waals surface area contributed by atoms with Crippen LogP contribution in [0.3, 0.4) is 0 Å². The van der Waals surface area contributed by atoms with E-state index in [1.54, 1.807) is 30.3 Å². The molecule has 0 heterocycles. The highest BCUT2D eigenvalue weighted by molar-refractivity contribution is 7.92. The minimum absolute atomic E-state index is 0.0657. The number of aryl methyl sites for hydroxylation is 1. The van der Waals surface area contributed by atoms with Crippen molar-refractivity contribution >= 4 is 39.1 Å². The van der Waals surface area contributed by atoms with Gasteiger partial charge in [0.1, 0.15) is 12.6 Å². The molecule has 1 atom stereocenters. The fourth-order valence-electron chi connectivity index (χ4n) is 4.94. The fourth-order valence-corrected chi connectivity index (χ4v) is 6.60. The maximum atomic E-state index is 14.4. The normalized spacial score (nSPS) is 12.3. The van der Waals surface area contributed by atoms with Crippen LogP contribution < -0.4 is 9.62 Å². The molecule has 248 valence electrons. The molecule has 0 radical (unpaired) electrons. The van der Waals surface area contributed by atoms with Gasteiger partial charge in [-0.1, -0.05) is 96.9 Å². The van der Waals surface area contributed by atoms with Crippen LogP contribution >= 0.6 is 11.6 Å².